The van der Waals surface area contributed by atoms with E-state index in [1.165, 1.54) is 0 Å². The molecule has 0 amide bonds. The minimum absolute atomic E-state index is 0. The summed E-state index contributed by atoms with van der Waals surface area (Å²) in [6.07, 6.45) is 0. The van der Waals surface area contributed by atoms with Crippen molar-refractivity contribution in [2.24, 2.45) is 0 Å². The smallest absolute Gasteiger partial charge is 0.318 e. The Morgan fingerprint density at radius 1 is 1.83 bits per heavy atom. The fraction of sp³-hybridized carbons (Fsp3) is 0.500. The molecule has 6 heavy (non-hydrogen) atoms. The molecule has 0 aliphatic heterocycles. The predicted molar refractivity (Wildman–Crippen MR) is 18.4 cm³/mol. The maximum Gasteiger partial charge on any atom is 0.318 e. The maximum atomic E-state index is 9.24. The van der Waals surface area contributed by atoms with Gasteiger partial charge in [-0.1, -0.05) is 0 Å². The van der Waals surface area contributed by atoms with Crippen LogP contribution < -0.4 is 0 Å². The Balaban J connectivity index is 0. The first-order chi connectivity index (χ1) is 2.27. The Bertz CT molecular complexity index is 46.8. The standard InChI is InChI=1S/C2H3ClO2.Fe/c3-1-2(4)5;/h1H2,(H,4,5);. The van der Waals surface area contributed by atoms with Crippen LogP contribution in [0.2, 0.25) is 0 Å². The molecule has 0 saturated carbocycles. The summed E-state index contributed by atoms with van der Waals surface area (Å²) in [4.78, 5) is 9.24. The number of hydrogen-bond donors (Lipinski definition) is 1. The van der Waals surface area contributed by atoms with E-state index in [0.29, 0.717) is 0 Å². The molecule has 0 aromatic heterocycles. The van der Waals surface area contributed by atoms with Crippen molar-refractivity contribution in [1.82, 2.24) is 0 Å². The Kier molecular flexibility index (Phi) is 8.41. The summed E-state index contributed by atoms with van der Waals surface area (Å²) in [7, 11) is 0. The molecule has 0 spiro atoms. The second-order valence-electron chi connectivity index (χ2n) is 0.527. The van der Waals surface area contributed by atoms with E-state index in [4.69, 9.17) is 16.7 Å². The molecule has 0 atom stereocenters. The topological polar surface area (TPSA) is 37.3 Å². The van der Waals surface area contributed by atoms with Gasteiger partial charge in [0.15, 0.2) is 0 Å². The first kappa shape index (κ1) is 9.56. The molecule has 0 bridgehead atoms. The van der Waals surface area contributed by atoms with Crippen LogP contribution in [0, 0.1) is 0 Å². The van der Waals surface area contributed by atoms with E-state index < -0.39 is 5.97 Å². The minimum atomic E-state index is -0.980. The molecule has 0 aromatic rings. The van der Waals surface area contributed by atoms with Crippen LogP contribution in [0.3, 0.4) is 0 Å². The third kappa shape index (κ3) is 8.86. The average molecular weight is 150 g/mol. The Morgan fingerprint density at radius 2 is 2.00 bits per heavy atom. The predicted octanol–water partition coefficient (Wildman–Crippen LogP) is 0.307. The van der Waals surface area contributed by atoms with Gasteiger partial charge in [0.25, 0.3) is 0 Å². The van der Waals surface area contributed by atoms with Crippen molar-refractivity contribution in [1.29, 1.82) is 0 Å². The van der Waals surface area contributed by atoms with E-state index in [2.05, 4.69) is 0 Å². The van der Waals surface area contributed by atoms with Crippen molar-refractivity contribution in [3.05, 3.63) is 0 Å². The molecular formula is C2H3ClFeO2. The van der Waals surface area contributed by atoms with Crippen LogP contribution in [0.1, 0.15) is 0 Å². The van der Waals surface area contributed by atoms with Crippen molar-refractivity contribution in [3.63, 3.8) is 0 Å². The summed E-state index contributed by atoms with van der Waals surface area (Å²) in [6.45, 7) is 0. The van der Waals surface area contributed by atoms with E-state index in [-0.39, 0.29) is 22.9 Å². The van der Waals surface area contributed by atoms with E-state index in [1.54, 1.807) is 0 Å². The molecule has 0 saturated heterocycles. The molecule has 0 fully saturated rings. The molecule has 0 rings (SSSR count). The van der Waals surface area contributed by atoms with E-state index >= 15 is 0 Å². The SMILES string of the molecule is O=C(O)CCl.[Fe]. The van der Waals surface area contributed by atoms with Gasteiger partial charge in [0.1, 0.15) is 5.88 Å². The molecule has 4 heteroatoms. The summed E-state index contributed by atoms with van der Waals surface area (Å²) in [5.41, 5.74) is 0. The molecule has 2 nitrogen and oxygen atoms in total. The van der Waals surface area contributed by atoms with Crippen molar-refractivity contribution < 1.29 is 27.0 Å². The van der Waals surface area contributed by atoms with Gasteiger partial charge in [0, 0.05) is 17.1 Å². The van der Waals surface area contributed by atoms with Gasteiger partial charge in [-0.05, 0) is 0 Å². The summed E-state index contributed by atoms with van der Waals surface area (Å²) in [5.74, 6) is -1.29. The third-order valence-electron chi connectivity index (χ3n) is 0.114. The zero-order valence-corrected chi connectivity index (χ0v) is 4.65. The molecule has 0 aliphatic rings. The Hall–Kier alpha value is 0.279. The Labute approximate surface area is 51.0 Å². The zero-order chi connectivity index (χ0) is 4.28. The van der Waals surface area contributed by atoms with Gasteiger partial charge < -0.3 is 5.11 Å². The Morgan fingerprint density at radius 3 is 2.00 bits per heavy atom. The van der Waals surface area contributed by atoms with Crippen LogP contribution in [-0.2, 0) is 21.9 Å². The van der Waals surface area contributed by atoms with E-state index in [0.717, 1.165) is 0 Å². The molecular weight excluding hydrogens is 147 g/mol. The number of hydrogen-bond acceptors (Lipinski definition) is 1. The van der Waals surface area contributed by atoms with Crippen LogP contribution >= 0.6 is 11.6 Å². The monoisotopic (exact) mass is 150 g/mol. The molecule has 0 unspecified atom stereocenters. The number of carbonyl (C=O) groups is 1. The van der Waals surface area contributed by atoms with Gasteiger partial charge in [-0.15, -0.1) is 11.6 Å². The fourth-order valence-corrected chi connectivity index (χ4v) is 0. The third-order valence-corrected chi connectivity index (χ3v) is 0.343. The second kappa shape index (κ2) is 5.28. The van der Waals surface area contributed by atoms with Gasteiger partial charge in [0.2, 0.25) is 0 Å². The first-order valence-corrected chi connectivity index (χ1v) is 1.58. The van der Waals surface area contributed by atoms with Crippen LogP contribution in [-0.4, -0.2) is 17.0 Å². The molecule has 38 valence electrons. The first-order valence-electron chi connectivity index (χ1n) is 1.05. The summed E-state index contributed by atoms with van der Waals surface area (Å²) < 4.78 is 0. The normalized spacial score (nSPS) is 6.17. The van der Waals surface area contributed by atoms with E-state index in [9.17, 15) is 4.79 Å². The van der Waals surface area contributed by atoms with E-state index in [1.807, 2.05) is 0 Å². The van der Waals surface area contributed by atoms with Crippen molar-refractivity contribution in [2.45, 2.75) is 0 Å². The summed E-state index contributed by atoms with van der Waals surface area (Å²) >= 11 is 4.74. The number of carboxylic acid groups (broad SMARTS) is 1. The van der Waals surface area contributed by atoms with Crippen LogP contribution in [0.5, 0.6) is 0 Å². The van der Waals surface area contributed by atoms with Gasteiger partial charge in [-0.3, -0.25) is 4.79 Å². The van der Waals surface area contributed by atoms with Crippen LogP contribution in [0.4, 0.5) is 0 Å². The second-order valence-corrected chi connectivity index (χ2v) is 0.795. The van der Waals surface area contributed by atoms with Crippen LogP contribution in [0.25, 0.3) is 0 Å². The maximum absolute atomic E-state index is 9.24. The molecule has 1 N–H and O–H groups in total. The number of halogens is 1. The molecule has 0 aliphatic carbocycles. The van der Waals surface area contributed by atoms with Crippen LogP contribution in [0.15, 0.2) is 0 Å². The minimum Gasteiger partial charge on any atom is -0.480 e. The van der Waals surface area contributed by atoms with Crippen molar-refractivity contribution in [2.75, 3.05) is 5.88 Å². The number of rotatable bonds is 1. The molecule has 0 heterocycles. The van der Waals surface area contributed by atoms with Gasteiger partial charge in [0.05, 0.1) is 0 Å². The van der Waals surface area contributed by atoms with Gasteiger partial charge >= 0.3 is 5.97 Å². The number of carboxylic acids is 1. The molecule has 0 aromatic carbocycles. The average Bonchev–Trinajstić information content (AvgIpc) is 1.38. The summed E-state index contributed by atoms with van der Waals surface area (Å²) in [5, 5.41) is 7.59. The largest absolute Gasteiger partial charge is 0.480 e. The number of aliphatic carboxylic acids is 1. The summed E-state index contributed by atoms with van der Waals surface area (Å²) in [6, 6.07) is 0. The quantitative estimate of drug-likeness (QED) is 0.431. The van der Waals surface area contributed by atoms with Crippen molar-refractivity contribution >= 4 is 17.6 Å². The molecule has 0 radical (unpaired) electrons. The zero-order valence-electron chi connectivity index (χ0n) is 2.79. The van der Waals surface area contributed by atoms with Gasteiger partial charge in [-0.2, -0.15) is 0 Å². The fourth-order valence-electron chi connectivity index (χ4n) is 0. The van der Waals surface area contributed by atoms with Gasteiger partial charge in [-0.25, -0.2) is 0 Å². The van der Waals surface area contributed by atoms with Crippen molar-refractivity contribution in [3.8, 4) is 0 Å². The number of alkyl halides is 1.